The third-order valence-corrected chi connectivity index (χ3v) is 5.82. The van der Waals surface area contributed by atoms with E-state index in [0.717, 1.165) is 41.7 Å². The van der Waals surface area contributed by atoms with Gasteiger partial charge in [-0.2, -0.15) is 0 Å². The van der Waals surface area contributed by atoms with Crippen molar-refractivity contribution >= 4 is 10.9 Å². The summed E-state index contributed by atoms with van der Waals surface area (Å²) in [6.45, 7) is 6.07. The number of pyridine rings is 1. The lowest BCUT2D eigenvalue weighted by atomic mass is 9.73. The van der Waals surface area contributed by atoms with Crippen LogP contribution in [0.15, 0.2) is 43.1 Å². The van der Waals surface area contributed by atoms with Gasteiger partial charge in [0.1, 0.15) is 5.75 Å². The second kappa shape index (κ2) is 9.48. The van der Waals surface area contributed by atoms with Gasteiger partial charge in [0.2, 0.25) is 0 Å². The van der Waals surface area contributed by atoms with Crippen LogP contribution in [-0.4, -0.2) is 52.2 Å². The van der Waals surface area contributed by atoms with Crippen LogP contribution in [0.1, 0.15) is 24.5 Å². The van der Waals surface area contributed by atoms with Gasteiger partial charge >= 0.3 is 0 Å². The normalized spacial score (nSPS) is 26.9. The van der Waals surface area contributed by atoms with E-state index in [1.807, 2.05) is 24.3 Å². The second-order valence-corrected chi connectivity index (χ2v) is 6.97. The summed E-state index contributed by atoms with van der Waals surface area (Å²) in [5.41, 5.74) is 1.85. The highest BCUT2D eigenvalue weighted by atomic mass is 35.5. The zero-order valence-electron chi connectivity index (χ0n) is 15.4. The number of hydrogen-bond acceptors (Lipinski definition) is 4. The number of halogens is 1. The van der Waals surface area contributed by atoms with Crippen LogP contribution in [0, 0.1) is 11.8 Å². The molecular weight excluding hydrogens is 368 g/mol. The number of aliphatic hydroxyl groups is 1. The molecule has 1 aromatic carbocycles. The third-order valence-electron chi connectivity index (χ3n) is 5.82. The van der Waals surface area contributed by atoms with Crippen LogP contribution in [-0.2, 0) is 0 Å². The Morgan fingerprint density at radius 1 is 1.33 bits per heavy atom. The molecule has 3 aliphatic rings. The smallest absolute Gasteiger partial charge is 0.119 e. The molecule has 6 nitrogen and oxygen atoms in total. The molecule has 0 spiro atoms. The number of aromatic nitrogens is 1. The molecule has 0 radical (unpaired) electrons. The van der Waals surface area contributed by atoms with Crippen molar-refractivity contribution in [2.24, 2.45) is 11.8 Å². The van der Waals surface area contributed by atoms with Crippen molar-refractivity contribution in [2.45, 2.75) is 25.0 Å². The second-order valence-electron chi connectivity index (χ2n) is 6.97. The van der Waals surface area contributed by atoms with Crippen LogP contribution in [0.4, 0.5) is 0 Å². The van der Waals surface area contributed by atoms with Gasteiger partial charge in [0.15, 0.2) is 0 Å². The minimum absolute atomic E-state index is 0. The van der Waals surface area contributed by atoms with Gasteiger partial charge in [-0.15, -0.1) is 6.58 Å². The van der Waals surface area contributed by atoms with Crippen LogP contribution in [0.25, 0.3) is 10.9 Å². The Kier molecular flexibility index (Phi) is 8.20. The summed E-state index contributed by atoms with van der Waals surface area (Å²) in [7, 11) is 1.66. The standard InChI is InChI=1S/C20H24N2O2.ClH.2H2O/c1-3-13-12-22-9-7-14(13)10-19(22)20(23)16-6-8-21-18-5-4-15(24-2)11-17(16)18;;;/h3-6,8,11,13-14,19-20,23H,1,7,9-10,12H2,2H3;1H;2*1H2/p-1/t13-,14-,19-,20+;;;/m0.../s1. The van der Waals surface area contributed by atoms with Crippen LogP contribution in [0.2, 0.25) is 0 Å². The highest BCUT2D eigenvalue weighted by Gasteiger charge is 2.42. The van der Waals surface area contributed by atoms with E-state index in [-0.39, 0.29) is 29.4 Å². The number of methoxy groups -OCH3 is 1. The SMILES string of the molecule is C=C[C@H]1CN2CC[C@H]1C[C@H]2[C@H](O)c1ccnc2ccc(OC)cc12.O.O.[Cl-]. The molecule has 7 heteroatoms. The van der Waals surface area contributed by atoms with Crippen LogP contribution in [0.5, 0.6) is 5.75 Å². The Morgan fingerprint density at radius 3 is 2.74 bits per heavy atom. The van der Waals surface area contributed by atoms with E-state index in [2.05, 4.69) is 22.5 Å². The van der Waals surface area contributed by atoms with Crippen molar-refractivity contribution in [3.05, 3.63) is 48.7 Å². The van der Waals surface area contributed by atoms with Crippen molar-refractivity contribution in [3.8, 4) is 5.75 Å². The quantitative estimate of drug-likeness (QED) is 0.637. The molecule has 150 valence electrons. The van der Waals surface area contributed by atoms with Gasteiger partial charge < -0.3 is 33.2 Å². The lowest BCUT2D eigenvalue weighted by Crippen LogP contribution is -3.00. The number of hydrogen-bond donors (Lipinski definition) is 1. The van der Waals surface area contributed by atoms with Crippen LogP contribution in [0.3, 0.4) is 0 Å². The third kappa shape index (κ3) is 4.10. The molecule has 4 heterocycles. The van der Waals surface area contributed by atoms with Gasteiger partial charge in [-0.3, -0.25) is 9.88 Å². The molecule has 0 amide bonds. The number of benzene rings is 1. The number of fused-ring (bicyclic) bond motifs is 4. The van der Waals surface area contributed by atoms with E-state index in [0.29, 0.717) is 11.8 Å². The highest BCUT2D eigenvalue weighted by Crippen LogP contribution is 2.42. The molecule has 1 aromatic heterocycles. The molecule has 5 N–H and O–H groups in total. The number of rotatable bonds is 4. The van der Waals surface area contributed by atoms with Crippen LogP contribution < -0.4 is 17.1 Å². The van der Waals surface area contributed by atoms with E-state index in [9.17, 15) is 5.11 Å². The van der Waals surface area contributed by atoms with Gasteiger partial charge in [0.25, 0.3) is 0 Å². The summed E-state index contributed by atoms with van der Waals surface area (Å²) >= 11 is 0. The molecule has 0 aliphatic carbocycles. The first kappa shape index (κ1) is 23.3. The number of piperidine rings is 3. The maximum atomic E-state index is 11.2. The average molecular weight is 396 g/mol. The van der Waals surface area contributed by atoms with Gasteiger partial charge in [-0.05, 0) is 61.1 Å². The van der Waals surface area contributed by atoms with Crippen molar-refractivity contribution in [1.82, 2.24) is 9.88 Å². The monoisotopic (exact) mass is 395 g/mol. The fraction of sp³-hybridized carbons (Fsp3) is 0.450. The molecule has 5 rings (SSSR count). The summed E-state index contributed by atoms with van der Waals surface area (Å²) in [6, 6.07) is 7.96. The molecular formula is C20H28ClN2O4-. The molecule has 2 aromatic rings. The number of nitrogens with zero attached hydrogens (tertiary/aromatic N) is 2. The summed E-state index contributed by atoms with van der Waals surface area (Å²) in [5.74, 6) is 2.01. The van der Waals surface area contributed by atoms with Crippen molar-refractivity contribution in [3.63, 3.8) is 0 Å². The summed E-state index contributed by atoms with van der Waals surface area (Å²) in [6.07, 6.45) is 5.62. The van der Waals surface area contributed by atoms with Crippen LogP contribution >= 0.6 is 0 Å². The van der Waals surface area contributed by atoms with Crippen molar-refractivity contribution in [1.29, 1.82) is 0 Å². The molecule has 1 unspecified atom stereocenters. The maximum absolute atomic E-state index is 11.2. The first-order valence-corrected chi connectivity index (χ1v) is 8.68. The zero-order chi connectivity index (χ0) is 16.7. The fourth-order valence-corrected chi connectivity index (χ4v) is 4.44. The minimum atomic E-state index is -0.504. The predicted octanol–water partition coefficient (Wildman–Crippen LogP) is -1.47. The molecule has 0 saturated carbocycles. The maximum Gasteiger partial charge on any atom is 0.119 e. The lowest BCUT2D eigenvalue weighted by molar-refractivity contribution is -0.0444. The minimum Gasteiger partial charge on any atom is -1.00 e. The Morgan fingerprint density at radius 2 is 2.11 bits per heavy atom. The summed E-state index contributed by atoms with van der Waals surface area (Å²) in [5, 5.41) is 12.1. The van der Waals surface area contributed by atoms with Gasteiger partial charge in [0, 0.05) is 24.2 Å². The number of aliphatic hydroxyl groups excluding tert-OH is 1. The van der Waals surface area contributed by atoms with E-state index in [1.54, 1.807) is 13.3 Å². The topological polar surface area (TPSA) is 109 Å². The fourth-order valence-electron chi connectivity index (χ4n) is 4.44. The first-order chi connectivity index (χ1) is 11.7. The molecule has 27 heavy (non-hydrogen) atoms. The summed E-state index contributed by atoms with van der Waals surface area (Å²) < 4.78 is 5.35. The molecule has 3 aliphatic heterocycles. The Bertz CT molecular complexity index is 773. The Labute approximate surface area is 165 Å². The average Bonchev–Trinajstić information content (AvgIpc) is 2.66. The van der Waals surface area contributed by atoms with Gasteiger partial charge in [0.05, 0.1) is 18.7 Å². The largest absolute Gasteiger partial charge is 1.00 e. The zero-order valence-corrected chi connectivity index (χ0v) is 16.2. The first-order valence-electron chi connectivity index (χ1n) is 8.68. The molecule has 5 atom stereocenters. The molecule has 3 fully saturated rings. The molecule has 2 bridgehead atoms. The van der Waals surface area contributed by atoms with Gasteiger partial charge in [-0.25, -0.2) is 0 Å². The van der Waals surface area contributed by atoms with Gasteiger partial charge in [-0.1, -0.05) is 6.08 Å². The predicted molar refractivity (Wildman–Crippen MR) is 102 cm³/mol. The molecule has 3 saturated heterocycles. The van der Waals surface area contributed by atoms with Crippen molar-refractivity contribution in [2.75, 3.05) is 20.2 Å². The van der Waals surface area contributed by atoms with E-state index < -0.39 is 6.10 Å². The van der Waals surface area contributed by atoms with E-state index >= 15 is 0 Å². The summed E-state index contributed by atoms with van der Waals surface area (Å²) in [4.78, 5) is 6.86. The Hall–Kier alpha value is -1.70. The highest BCUT2D eigenvalue weighted by molar-refractivity contribution is 5.83. The lowest BCUT2D eigenvalue weighted by Gasteiger charge is -2.50. The van der Waals surface area contributed by atoms with E-state index in [4.69, 9.17) is 4.74 Å². The number of ether oxygens (including phenoxy) is 1. The van der Waals surface area contributed by atoms with E-state index in [1.165, 1.54) is 6.42 Å². The Balaban J connectivity index is 0.00000121. The van der Waals surface area contributed by atoms with Crippen molar-refractivity contribution < 1.29 is 33.2 Å².